The zero-order valence-electron chi connectivity index (χ0n) is 16.1. The molecular formula is C20H15Cl2F3N2O3S. The maximum absolute atomic E-state index is 13.0. The number of para-hydroxylation sites is 1. The van der Waals surface area contributed by atoms with Gasteiger partial charge in [-0.05, 0) is 49.2 Å². The number of alkyl halides is 3. The monoisotopic (exact) mass is 490 g/mol. The molecule has 0 atom stereocenters. The molecule has 2 aromatic carbocycles. The van der Waals surface area contributed by atoms with Gasteiger partial charge in [0.1, 0.15) is 11.4 Å². The topological polar surface area (TPSA) is 59.5 Å². The number of pyridine rings is 1. The van der Waals surface area contributed by atoms with E-state index in [9.17, 15) is 21.6 Å². The van der Waals surface area contributed by atoms with E-state index in [-0.39, 0.29) is 20.4 Å². The van der Waals surface area contributed by atoms with Crippen LogP contribution in [0.5, 0.6) is 11.6 Å². The summed E-state index contributed by atoms with van der Waals surface area (Å²) in [4.78, 5) is 3.36. The lowest BCUT2D eigenvalue weighted by Gasteiger charge is -2.20. The van der Waals surface area contributed by atoms with Gasteiger partial charge in [0.15, 0.2) is 0 Å². The lowest BCUT2D eigenvalue weighted by Crippen LogP contribution is -2.22. The Morgan fingerprint density at radius 3 is 2.26 bits per heavy atom. The minimum atomic E-state index is -4.73. The summed E-state index contributed by atoms with van der Waals surface area (Å²) in [6.07, 6.45) is -3.49. The van der Waals surface area contributed by atoms with Crippen LogP contribution in [-0.2, 0) is 16.2 Å². The van der Waals surface area contributed by atoms with Crippen LogP contribution in [0, 0.1) is 13.8 Å². The number of sulfonamides is 1. The summed E-state index contributed by atoms with van der Waals surface area (Å²) in [5.41, 5.74) is 0.123. The Bertz CT molecular complexity index is 1210. The summed E-state index contributed by atoms with van der Waals surface area (Å²) in [5, 5.41) is 0.0498. The largest absolute Gasteiger partial charge is 0.436 e. The molecule has 0 amide bonds. The van der Waals surface area contributed by atoms with Crippen molar-refractivity contribution in [1.29, 1.82) is 0 Å². The average molecular weight is 491 g/mol. The second-order valence-electron chi connectivity index (χ2n) is 6.55. The van der Waals surface area contributed by atoms with Crippen LogP contribution in [0.25, 0.3) is 0 Å². The molecule has 11 heteroatoms. The fourth-order valence-electron chi connectivity index (χ4n) is 2.73. The lowest BCUT2D eigenvalue weighted by molar-refractivity contribution is -0.137. The zero-order valence-corrected chi connectivity index (χ0v) is 18.4. The molecule has 3 aromatic rings. The van der Waals surface area contributed by atoms with E-state index in [1.165, 1.54) is 12.3 Å². The van der Waals surface area contributed by atoms with Crippen molar-refractivity contribution in [3.63, 3.8) is 0 Å². The van der Waals surface area contributed by atoms with E-state index in [0.717, 1.165) is 29.3 Å². The van der Waals surface area contributed by atoms with Crippen LogP contribution in [0.2, 0.25) is 5.02 Å². The Kier molecular flexibility index (Phi) is 6.40. The van der Waals surface area contributed by atoms with Gasteiger partial charge in [-0.1, -0.05) is 35.9 Å². The van der Waals surface area contributed by atoms with Gasteiger partial charge in [0.2, 0.25) is 5.88 Å². The molecule has 0 aliphatic rings. The first kappa shape index (κ1) is 23.2. The highest BCUT2D eigenvalue weighted by Gasteiger charge is 2.34. The van der Waals surface area contributed by atoms with Crippen LogP contribution in [0.15, 0.2) is 59.6 Å². The Morgan fingerprint density at radius 1 is 1.03 bits per heavy atom. The molecular weight excluding hydrogens is 476 g/mol. The number of rotatable bonds is 5. The number of ether oxygens (including phenoxy) is 1. The third-order valence-corrected chi connectivity index (χ3v) is 6.67. The maximum Gasteiger partial charge on any atom is 0.416 e. The Hall–Kier alpha value is -2.49. The van der Waals surface area contributed by atoms with Crippen molar-refractivity contribution in [2.75, 3.05) is 3.82 Å². The first-order valence-electron chi connectivity index (χ1n) is 8.69. The number of halogens is 5. The number of nitrogens with zero attached hydrogens (tertiary/aromatic N) is 2. The molecule has 0 radical (unpaired) electrons. The van der Waals surface area contributed by atoms with E-state index < -0.39 is 26.7 Å². The van der Waals surface area contributed by atoms with Crippen molar-refractivity contribution >= 4 is 39.1 Å². The summed E-state index contributed by atoms with van der Waals surface area (Å²) < 4.78 is 71.1. The molecule has 0 aliphatic heterocycles. The van der Waals surface area contributed by atoms with Gasteiger partial charge in [0.25, 0.3) is 10.0 Å². The summed E-state index contributed by atoms with van der Waals surface area (Å²) >= 11 is 12.1. The van der Waals surface area contributed by atoms with Crippen molar-refractivity contribution in [1.82, 2.24) is 4.98 Å². The van der Waals surface area contributed by atoms with Gasteiger partial charge in [-0.3, -0.25) is 0 Å². The Labute approximate surface area is 187 Å². The molecule has 1 aromatic heterocycles. The van der Waals surface area contributed by atoms with Crippen molar-refractivity contribution in [2.45, 2.75) is 24.9 Å². The fourth-order valence-corrected chi connectivity index (χ4v) is 4.35. The first-order valence-corrected chi connectivity index (χ1v) is 10.8. The number of hydrogen-bond donors (Lipinski definition) is 0. The Morgan fingerprint density at radius 2 is 1.65 bits per heavy atom. The van der Waals surface area contributed by atoms with Crippen LogP contribution < -0.4 is 8.56 Å². The highest BCUT2D eigenvalue weighted by Crippen LogP contribution is 2.39. The third kappa shape index (κ3) is 4.89. The second-order valence-corrected chi connectivity index (χ2v) is 9.31. The Balaban J connectivity index is 2.07. The molecule has 0 saturated heterocycles. The molecule has 0 bridgehead atoms. The molecule has 0 aliphatic carbocycles. The third-order valence-electron chi connectivity index (χ3n) is 4.27. The van der Waals surface area contributed by atoms with Crippen LogP contribution in [-0.4, -0.2) is 13.4 Å². The van der Waals surface area contributed by atoms with Gasteiger partial charge in [-0.25, -0.2) is 4.98 Å². The molecule has 5 nitrogen and oxygen atoms in total. The van der Waals surface area contributed by atoms with Gasteiger partial charge in [0, 0.05) is 18.0 Å². The highest BCUT2D eigenvalue weighted by molar-refractivity contribution is 7.94. The fraction of sp³-hybridized carbons (Fsp3) is 0.150. The van der Waals surface area contributed by atoms with Crippen molar-refractivity contribution in [2.24, 2.45) is 0 Å². The SMILES string of the molecule is Cc1cccc(C)c1Oc1ncc(Cl)cc1N(Cl)S(=O)(=O)c1cccc(C(F)(F)F)c1. The van der Waals surface area contributed by atoms with Gasteiger partial charge in [0.05, 0.1) is 15.5 Å². The molecule has 0 fully saturated rings. The number of benzene rings is 2. The normalized spacial score (nSPS) is 12.0. The molecule has 0 spiro atoms. The predicted molar refractivity (Wildman–Crippen MR) is 112 cm³/mol. The summed E-state index contributed by atoms with van der Waals surface area (Å²) in [6.45, 7) is 3.57. The van der Waals surface area contributed by atoms with E-state index in [2.05, 4.69) is 4.98 Å². The van der Waals surface area contributed by atoms with E-state index in [0.29, 0.717) is 11.8 Å². The second kappa shape index (κ2) is 8.57. The minimum Gasteiger partial charge on any atom is -0.436 e. The molecule has 0 unspecified atom stereocenters. The summed E-state index contributed by atoms with van der Waals surface area (Å²) in [6, 6.07) is 9.82. The van der Waals surface area contributed by atoms with E-state index in [4.69, 9.17) is 28.1 Å². The predicted octanol–water partition coefficient (Wildman–Crippen LogP) is 6.51. The molecule has 164 valence electrons. The van der Waals surface area contributed by atoms with Crippen LogP contribution in [0.3, 0.4) is 0 Å². The van der Waals surface area contributed by atoms with Gasteiger partial charge in [-0.2, -0.15) is 25.4 Å². The summed E-state index contributed by atoms with van der Waals surface area (Å²) in [5.74, 6) is 0.243. The molecule has 1 heterocycles. The van der Waals surface area contributed by atoms with Crippen molar-refractivity contribution in [3.8, 4) is 11.6 Å². The summed E-state index contributed by atoms with van der Waals surface area (Å²) in [7, 11) is -4.61. The van der Waals surface area contributed by atoms with Crippen molar-refractivity contribution in [3.05, 3.63) is 76.4 Å². The van der Waals surface area contributed by atoms with Crippen LogP contribution in [0.4, 0.5) is 18.9 Å². The van der Waals surface area contributed by atoms with Gasteiger partial charge < -0.3 is 4.74 Å². The number of anilines is 1. The zero-order chi connectivity index (χ0) is 23.0. The first-order chi connectivity index (χ1) is 14.4. The number of hydrogen-bond acceptors (Lipinski definition) is 4. The number of aryl methyl sites for hydroxylation is 2. The smallest absolute Gasteiger partial charge is 0.416 e. The van der Waals surface area contributed by atoms with Crippen molar-refractivity contribution < 1.29 is 26.3 Å². The molecule has 0 saturated carbocycles. The quantitative estimate of drug-likeness (QED) is 0.382. The van der Waals surface area contributed by atoms with Crippen LogP contribution in [0.1, 0.15) is 16.7 Å². The molecule has 31 heavy (non-hydrogen) atoms. The highest BCUT2D eigenvalue weighted by atomic mass is 35.5. The minimum absolute atomic E-state index is 0.0498. The van der Waals surface area contributed by atoms with Gasteiger partial charge in [-0.15, -0.1) is 0 Å². The van der Waals surface area contributed by atoms with E-state index >= 15 is 0 Å². The van der Waals surface area contributed by atoms with E-state index in [1.807, 2.05) is 6.07 Å². The average Bonchev–Trinajstić information content (AvgIpc) is 2.70. The standard InChI is InChI=1S/C20H15Cl2F3N2O3S/c1-12-5-3-6-13(2)18(12)30-19-17(10-15(21)11-26-19)27(22)31(28,29)16-8-4-7-14(9-16)20(23,24)25/h3-11H,1-2H3. The number of aromatic nitrogens is 1. The molecule has 3 rings (SSSR count). The van der Waals surface area contributed by atoms with Gasteiger partial charge >= 0.3 is 6.18 Å². The lowest BCUT2D eigenvalue weighted by atomic mass is 10.1. The molecule has 0 N–H and O–H groups in total. The van der Waals surface area contributed by atoms with Crippen LogP contribution >= 0.6 is 23.4 Å². The van der Waals surface area contributed by atoms with E-state index in [1.54, 1.807) is 26.0 Å². The maximum atomic E-state index is 13.0.